The Balaban J connectivity index is 2.66. The predicted molar refractivity (Wildman–Crippen MR) is 84.6 cm³/mol. The van der Waals surface area contributed by atoms with Gasteiger partial charge in [-0.25, -0.2) is 0 Å². The van der Waals surface area contributed by atoms with Crippen molar-refractivity contribution < 1.29 is 4.79 Å². The molecule has 1 aromatic carbocycles. The summed E-state index contributed by atoms with van der Waals surface area (Å²) in [5, 5.41) is 6.24. The van der Waals surface area contributed by atoms with Gasteiger partial charge in [0.05, 0.1) is 0 Å². The minimum absolute atomic E-state index is 0.0511. The van der Waals surface area contributed by atoms with Crippen LogP contribution in [-0.2, 0) is 4.79 Å². The average molecular weight is 327 g/mol. The second-order valence-electron chi connectivity index (χ2n) is 4.93. The lowest BCUT2D eigenvalue weighted by Crippen LogP contribution is -2.38. The molecule has 0 fully saturated rings. The molecular formula is C15H23BrN2O. The molecule has 0 saturated carbocycles. The number of halogens is 1. The minimum Gasteiger partial charge on any atom is -0.373 e. The van der Waals surface area contributed by atoms with Gasteiger partial charge in [-0.2, -0.15) is 0 Å². The van der Waals surface area contributed by atoms with Crippen LogP contribution in [0.15, 0.2) is 16.6 Å². The van der Waals surface area contributed by atoms with Crippen molar-refractivity contribution in [1.29, 1.82) is 0 Å². The van der Waals surface area contributed by atoms with Crippen molar-refractivity contribution in [2.75, 3.05) is 11.9 Å². The van der Waals surface area contributed by atoms with Gasteiger partial charge >= 0.3 is 0 Å². The zero-order valence-corrected chi connectivity index (χ0v) is 13.7. The SMILES string of the molecule is CCCCNC(=O)C(C)Nc1c(C)cc(Br)cc1C. The van der Waals surface area contributed by atoms with Gasteiger partial charge in [-0.3, -0.25) is 4.79 Å². The molecule has 3 nitrogen and oxygen atoms in total. The Morgan fingerprint density at radius 3 is 2.42 bits per heavy atom. The standard InChI is InChI=1S/C15H23BrN2O/c1-5-6-7-17-15(19)12(4)18-14-10(2)8-13(16)9-11(14)3/h8-9,12,18H,5-7H2,1-4H3,(H,17,19). The highest BCUT2D eigenvalue weighted by molar-refractivity contribution is 9.10. The molecule has 0 aliphatic rings. The third-order valence-electron chi connectivity index (χ3n) is 3.08. The van der Waals surface area contributed by atoms with E-state index in [0.717, 1.165) is 40.7 Å². The molecule has 0 aromatic heterocycles. The lowest BCUT2D eigenvalue weighted by molar-refractivity contribution is -0.121. The van der Waals surface area contributed by atoms with Crippen LogP contribution in [0.25, 0.3) is 0 Å². The fourth-order valence-corrected chi connectivity index (χ4v) is 2.65. The van der Waals surface area contributed by atoms with Crippen LogP contribution in [0.1, 0.15) is 37.8 Å². The van der Waals surface area contributed by atoms with E-state index in [1.165, 1.54) is 0 Å². The molecule has 19 heavy (non-hydrogen) atoms. The second-order valence-corrected chi connectivity index (χ2v) is 5.84. The van der Waals surface area contributed by atoms with E-state index in [4.69, 9.17) is 0 Å². The van der Waals surface area contributed by atoms with Crippen molar-refractivity contribution in [3.05, 3.63) is 27.7 Å². The Labute approximate surface area is 124 Å². The molecule has 1 unspecified atom stereocenters. The van der Waals surface area contributed by atoms with E-state index in [0.29, 0.717) is 0 Å². The highest BCUT2D eigenvalue weighted by atomic mass is 79.9. The first-order chi connectivity index (χ1) is 8.95. The highest BCUT2D eigenvalue weighted by Crippen LogP contribution is 2.25. The smallest absolute Gasteiger partial charge is 0.242 e. The topological polar surface area (TPSA) is 41.1 Å². The highest BCUT2D eigenvalue weighted by Gasteiger charge is 2.14. The number of hydrogen-bond acceptors (Lipinski definition) is 2. The minimum atomic E-state index is -0.226. The molecule has 0 radical (unpaired) electrons. The molecule has 1 rings (SSSR count). The van der Waals surface area contributed by atoms with E-state index in [1.807, 2.05) is 20.8 Å². The fourth-order valence-electron chi connectivity index (χ4n) is 1.96. The van der Waals surface area contributed by atoms with Crippen molar-refractivity contribution in [1.82, 2.24) is 5.32 Å². The number of unbranched alkanes of at least 4 members (excludes halogenated alkanes) is 1. The van der Waals surface area contributed by atoms with Crippen molar-refractivity contribution >= 4 is 27.5 Å². The van der Waals surface area contributed by atoms with Crippen LogP contribution < -0.4 is 10.6 Å². The Bertz CT molecular complexity index is 423. The van der Waals surface area contributed by atoms with Crippen LogP contribution in [0, 0.1) is 13.8 Å². The summed E-state index contributed by atoms with van der Waals surface area (Å²) >= 11 is 3.48. The van der Waals surface area contributed by atoms with Crippen LogP contribution >= 0.6 is 15.9 Å². The summed E-state index contributed by atoms with van der Waals surface area (Å²) in [6.45, 7) is 8.84. The number of benzene rings is 1. The van der Waals surface area contributed by atoms with E-state index >= 15 is 0 Å². The number of amides is 1. The Morgan fingerprint density at radius 2 is 1.89 bits per heavy atom. The van der Waals surface area contributed by atoms with Crippen LogP contribution in [-0.4, -0.2) is 18.5 Å². The lowest BCUT2D eigenvalue weighted by Gasteiger charge is -2.19. The zero-order valence-electron chi connectivity index (χ0n) is 12.1. The number of rotatable bonds is 6. The first-order valence-electron chi connectivity index (χ1n) is 6.76. The molecular weight excluding hydrogens is 304 g/mol. The first-order valence-corrected chi connectivity index (χ1v) is 7.56. The van der Waals surface area contributed by atoms with Crippen molar-refractivity contribution in [2.24, 2.45) is 0 Å². The molecule has 106 valence electrons. The van der Waals surface area contributed by atoms with Gasteiger partial charge in [0, 0.05) is 16.7 Å². The summed E-state index contributed by atoms with van der Waals surface area (Å²) in [4.78, 5) is 11.9. The number of aryl methyl sites for hydroxylation is 2. The summed E-state index contributed by atoms with van der Waals surface area (Å²) in [7, 11) is 0. The predicted octanol–water partition coefficient (Wildman–Crippen LogP) is 3.78. The van der Waals surface area contributed by atoms with Crippen LogP contribution in [0.2, 0.25) is 0 Å². The molecule has 1 atom stereocenters. The van der Waals surface area contributed by atoms with E-state index in [2.05, 4.69) is 45.6 Å². The monoisotopic (exact) mass is 326 g/mol. The molecule has 0 saturated heterocycles. The van der Waals surface area contributed by atoms with Gasteiger partial charge in [0.1, 0.15) is 6.04 Å². The summed E-state index contributed by atoms with van der Waals surface area (Å²) in [5.74, 6) is 0.0511. The van der Waals surface area contributed by atoms with Crippen molar-refractivity contribution in [3.63, 3.8) is 0 Å². The molecule has 0 aliphatic carbocycles. The van der Waals surface area contributed by atoms with E-state index in [9.17, 15) is 4.79 Å². The normalized spacial score (nSPS) is 12.1. The average Bonchev–Trinajstić information content (AvgIpc) is 2.33. The van der Waals surface area contributed by atoms with Crippen molar-refractivity contribution in [2.45, 2.75) is 46.6 Å². The van der Waals surface area contributed by atoms with Gasteiger partial charge in [0.25, 0.3) is 0 Å². The maximum absolute atomic E-state index is 11.9. The first kappa shape index (κ1) is 16.0. The van der Waals surface area contributed by atoms with Gasteiger partial charge < -0.3 is 10.6 Å². The number of anilines is 1. The van der Waals surface area contributed by atoms with Gasteiger partial charge in [0.15, 0.2) is 0 Å². The quantitative estimate of drug-likeness (QED) is 0.781. The number of carbonyl (C=O) groups excluding carboxylic acids is 1. The van der Waals surface area contributed by atoms with Crippen LogP contribution in [0.4, 0.5) is 5.69 Å². The summed E-state index contributed by atoms with van der Waals surface area (Å²) in [6.07, 6.45) is 2.11. The van der Waals surface area contributed by atoms with E-state index in [1.54, 1.807) is 0 Å². The van der Waals surface area contributed by atoms with Crippen molar-refractivity contribution in [3.8, 4) is 0 Å². The molecule has 2 N–H and O–H groups in total. The molecule has 1 amide bonds. The van der Waals surface area contributed by atoms with Gasteiger partial charge in [-0.05, 0) is 50.5 Å². The Kier molecular flexibility index (Phi) is 6.35. The zero-order chi connectivity index (χ0) is 14.4. The summed E-state index contributed by atoms with van der Waals surface area (Å²) in [6, 6.07) is 3.88. The third-order valence-corrected chi connectivity index (χ3v) is 3.54. The maximum Gasteiger partial charge on any atom is 0.242 e. The van der Waals surface area contributed by atoms with Gasteiger partial charge in [0.2, 0.25) is 5.91 Å². The maximum atomic E-state index is 11.9. The largest absolute Gasteiger partial charge is 0.373 e. The van der Waals surface area contributed by atoms with Crippen LogP contribution in [0.3, 0.4) is 0 Å². The summed E-state index contributed by atoms with van der Waals surface area (Å²) in [5.41, 5.74) is 3.32. The molecule has 4 heteroatoms. The van der Waals surface area contributed by atoms with Gasteiger partial charge in [-0.15, -0.1) is 0 Å². The summed E-state index contributed by atoms with van der Waals surface area (Å²) < 4.78 is 1.06. The number of carbonyl (C=O) groups is 1. The molecule has 0 spiro atoms. The molecule has 0 aliphatic heterocycles. The molecule has 1 aromatic rings. The van der Waals surface area contributed by atoms with E-state index in [-0.39, 0.29) is 11.9 Å². The third kappa shape index (κ3) is 4.86. The fraction of sp³-hybridized carbons (Fsp3) is 0.533. The second kappa shape index (κ2) is 7.53. The Morgan fingerprint density at radius 1 is 1.32 bits per heavy atom. The lowest BCUT2D eigenvalue weighted by atomic mass is 10.1. The molecule has 0 heterocycles. The number of hydrogen-bond donors (Lipinski definition) is 2. The van der Waals surface area contributed by atoms with E-state index < -0.39 is 0 Å². The Hall–Kier alpha value is -1.03. The van der Waals surface area contributed by atoms with Crippen LogP contribution in [0.5, 0.6) is 0 Å². The number of nitrogens with one attached hydrogen (secondary N) is 2. The molecule has 0 bridgehead atoms. The van der Waals surface area contributed by atoms with Gasteiger partial charge in [-0.1, -0.05) is 29.3 Å².